The molecule has 2 aromatic rings. The molecule has 2 N–H and O–H groups in total. The first-order valence-corrected chi connectivity index (χ1v) is 5.17. The summed E-state index contributed by atoms with van der Waals surface area (Å²) in [5.74, 6) is 0. The second-order valence-electron chi connectivity index (χ2n) is 2.77. The molecular formula is C10H10FeN2O2S2+2. The molecule has 2 aromatic heterocycles. The molecule has 2 rings (SSSR count). The van der Waals surface area contributed by atoms with Crippen LogP contribution >= 0.6 is 24.4 Å². The van der Waals surface area contributed by atoms with Crippen LogP contribution in [0.15, 0.2) is 48.8 Å². The summed E-state index contributed by atoms with van der Waals surface area (Å²) < 4.78 is 2.64. The maximum atomic E-state index is 8.73. The van der Waals surface area contributed by atoms with Crippen molar-refractivity contribution in [2.75, 3.05) is 0 Å². The maximum Gasteiger partial charge on any atom is 2.00 e. The van der Waals surface area contributed by atoms with Gasteiger partial charge < -0.3 is 10.4 Å². The summed E-state index contributed by atoms with van der Waals surface area (Å²) in [6.45, 7) is 0. The molecule has 0 bridgehead atoms. The summed E-state index contributed by atoms with van der Waals surface area (Å²) >= 11 is 9.33. The van der Waals surface area contributed by atoms with Crippen LogP contribution in [0.5, 0.6) is 0 Å². The van der Waals surface area contributed by atoms with Crippen molar-refractivity contribution in [1.82, 2.24) is 9.46 Å². The molecule has 0 atom stereocenters. The van der Waals surface area contributed by atoms with E-state index in [-0.39, 0.29) is 17.1 Å². The minimum atomic E-state index is 0. The van der Waals surface area contributed by atoms with E-state index in [1.807, 2.05) is 0 Å². The third kappa shape index (κ3) is 5.65. The fourth-order valence-electron chi connectivity index (χ4n) is 0.838. The van der Waals surface area contributed by atoms with Crippen molar-refractivity contribution >= 4 is 24.4 Å². The summed E-state index contributed by atoms with van der Waals surface area (Å²) in [7, 11) is 0. The summed E-state index contributed by atoms with van der Waals surface area (Å²) in [6.07, 6.45) is 2.98. The van der Waals surface area contributed by atoms with Gasteiger partial charge in [-0.1, -0.05) is 36.6 Å². The molecule has 0 radical (unpaired) electrons. The predicted molar refractivity (Wildman–Crippen MR) is 64.9 cm³/mol. The summed E-state index contributed by atoms with van der Waals surface area (Å²) in [5, 5.41) is 17.5. The van der Waals surface area contributed by atoms with Crippen LogP contribution in [-0.4, -0.2) is 19.9 Å². The quantitative estimate of drug-likeness (QED) is 0.446. The summed E-state index contributed by atoms with van der Waals surface area (Å²) in [6, 6.07) is 10.3. The van der Waals surface area contributed by atoms with Gasteiger partial charge in [-0.3, -0.25) is 0 Å². The molecule has 17 heavy (non-hydrogen) atoms. The molecule has 0 amide bonds. The zero-order valence-corrected chi connectivity index (χ0v) is 11.3. The Balaban J connectivity index is 0.000000284. The average Bonchev–Trinajstić information content (AvgIpc) is 2.28. The zero-order valence-electron chi connectivity index (χ0n) is 8.58. The first-order chi connectivity index (χ1) is 7.61. The van der Waals surface area contributed by atoms with Crippen molar-refractivity contribution in [3.8, 4) is 0 Å². The van der Waals surface area contributed by atoms with Crippen molar-refractivity contribution in [2.45, 2.75) is 0 Å². The smallest absolute Gasteiger partial charge is 0.428 e. The monoisotopic (exact) mass is 310 g/mol. The fourth-order valence-corrected chi connectivity index (χ4v) is 1.12. The Morgan fingerprint density at radius 3 is 1.29 bits per heavy atom. The molecular weight excluding hydrogens is 300 g/mol. The van der Waals surface area contributed by atoms with Crippen molar-refractivity contribution in [2.24, 2.45) is 0 Å². The van der Waals surface area contributed by atoms with Gasteiger partial charge in [0, 0.05) is 12.4 Å². The standard InChI is InChI=1S/2C5H5NOS.Fe/c2*7-6-4-2-1-3-5(6)8;/h2*1-4,7H;/q;;+2. The van der Waals surface area contributed by atoms with Gasteiger partial charge in [0.2, 0.25) is 0 Å². The van der Waals surface area contributed by atoms with Crippen molar-refractivity contribution < 1.29 is 27.5 Å². The van der Waals surface area contributed by atoms with Crippen LogP contribution in [0, 0.1) is 9.28 Å². The molecule has 0 aliphatic carbocycles. The number of pyridine rings is 2. The van der Waals surface area contributed by atoms with Gasteiger partial charge in [-0.05, 0) is 24.3 Å². The minimum Gasteiger partial charge on any atom is -0.428 e. The molecule has 4 nitrogen and oxygen atoms in total. The molecule has 0 spiro atoms. The number of aromatic nitrogens is 2. The van der Waals surface area contributed by atoms with Crippen LogP contribution in [0.4, 0.5) is 0 Å². The predicted octanol–water partition coefficient (Wildman–Crippen LogP) is 2.91. The number of hydrogen-bond acceptors (Lipinski definition) is 4. The van der Waals surface area contributed by atoms with Gasteiger partial charge in [0.1, 0.15) is 9.28 Å². The SMILES string of the molecule is On1ccccc1=S.On1ccccc1=S.[Fe+2]. The fraction of sp³-hybridized carbons (Fsp3) is 0. The van der Waals surface area contributed by atoms with Crippen LogP contribution in [0.2, 0.25) is 0 Å². The molecule has 0 aromatic carbocycles. The van der Waals surface area contributed by atoms with E-state index in [1.165, 1.54) is 12.4 Å². The Bertz CT molecular complexity index is 517. The van der Waals surface area contributed by atoms with Gasteiger partial charge in [0.25, 0.3) is 0 Å². The Kier molecular flexibility index (Phi) is 7.49. The van der Waals surface area contributed by atoms with Crippen LogP contribution in [0.1, 0.15) is 0 Å². The summed E-state index contributed by atoms with van der Waals surface area (Å²) in [4.78, 5) is 0. The average molecular weight is 310 g/mol. The second-order valence-corrected chi connectivity index (χ2v) is 3.60. The summed E-state index contributed by atoms with van der Waals surface area (Å²) in [5.41, 5.74) is 0. The third-order valence-electron chi connectivity index (χ3n) is 1.61. The Morgan fingerprint density at radius 2 is 1.12 bits per heavy atom. The van der Waals surface area contributed by atoms with E-state index < -0.39 is 0 Å². The Labute approximate surface area is 119 Å². The van der Waals surface area contributed by atoms with Crippen LogP contribution in [0.25, 0.3) is 0 Å². The van der Waals surface area contributed by atoms with Crippen molar-refractivity contribution in [3.63, 3.8) is 0 Å². The van der Waals surface area contributed by atoms with E-state index >= 15 is 0 Å². The second kappa shape index (κ2) is 8.02. The van der Waals surface area contributed by atoms with E-state index in [0.29, 0.717) is 9.28 Å². The molecule has 0 aliphatic rings. The minimum absolute atomic E-state index is 0. The molecule has 0 saturated heterocycles. The van der Waals surface area contributed by atoms with Gasteiger partial charge in [0.15, 0.2) is 0 Å². The van der Waals surface area contributed by atoms with Gasteiger partial charge in [-0.25, -0.2) is 0 Å². The van der Waals surface area contributed by atoms with E-state index in [9.17, 15) is 0 Å². The van der Waals surface area contributed by atoms with Gasteiger partial charge >= 0.3 is 17.1 Å². The topological polar surface area (TPSA) is 50.3 Å². The Hall–Kier alpha value is -1.14. The molecule has 2 heterocycles. The molecule has 0 saturated carbocycles. The van der Waals surface area contributed by atoms with Crippen molar-refractivity contribution in [3.05, 3.63) is 58.1 Å². The van der Waals surface area contributed by atoms with Crippen LogP contribution < -0.4 is 0 Å². The van der Waals surface area contributed by atoms with Crippen LogP contribution in [-0.2, 0) is 17.1 Å². The Morgan fingerprint density at radius 1 is 0.765 bits per heavy atom. The number of hydrogen-bond donors (Lipinski definition) is 2. The van der Waals surface area contributed by atoms with E-state index in [1.54, 1.807) is 36.4 Å². The van der Waals surface area contributed by atoms with E-state index in [4.69, 9.17) is 10.4 Å². The molecule has 7 heteroatoms. The molecule has 0 unspecified atom stereocenters. The van der Waals surface area contributed by atoms with Gasteiger partial charge in [0.05, 0.1) is 0 Å². The van der Waals surface area contributed by atoms with Crippen LogP contribution in [0.3, 0.4) is 0 Å². The first-order valence-electron chi connectivity index (χ1n) is 4.35. The molecule has 0 fully saturated rings. The van der Waals surface area contributed by atoms with E-state index in [2.05, 4.69) is 24.4 Å². The number of rotatable bonds is 0. The first kappa shape index (κ1) is 15.9. The molecule has 90 valence electrons. The van der Waals surface area contributed by atoms with E-state index in [0.717, 1.165) is 9.46 Å². The maximum absolute atomic E-state index is 8.73. The van der Waals surface area contributed by atoms with Gasteiger partial charge in [-0.15, -0.1) is 0 Å². The largest absolute Gasteiger partial charge is 2.00 e. The van der Waals surface area contributed by atoms with Gasteiger partial charge in [-0.2, -0.15) is 9.46 Å². The zero-order chi connectivity index (χ0) is 12.0. The van der Waals surface area contributed by atoms with Crippen molar-refractivity contribution in [1.29, 1.82) is 0 Å². The number of nitrogens with zero attached hydrogens (tertiary/aromatic N) is 2. The normalized spacial score (nSPS) is 8.47. The third-order valence-corrected chi connectivity index (χ3v) is 2.25. The molecule has 0 aliphatic heterocycles.